The third-order valence-corrected chi connectivity index (χ3v) is 4.30. The molecule has 1 saturated heterocycles. The van der Waals surface area contributed by atoms with Crippen LogP contribution >= 0.6 is 0 Å². The molecule has 4 rings (SSSR count). The normalized spacial score (nSPS) is 17.8. The molecule has 24 heavy (non-hydrogen) atoms. The molecule has 1 fully saturated rings. The van der Waals surface area contributed by atoms with Gasteiger partial charge in [0.05, 0.1) is 6.54 Å². The molecule has 0 bridgehead atoms. The molecule has 6 heteroatoms. The number of likely N-dealkylation sites (tertiary alicyclic amines) is 1. The largest absolute Gasteiger partial charge is 0.471 e. The van der Waals surface area contributed by atoms with E-state index in [1.54, 1.807) is 18.3 Å². The van der Waals surface area contributed by atoms with Crippen LogP contribution < -0.4 is 4.74 Å². The van der Waals surface area contributed by atoms with Gasteiger partial charge in [0.25, 0.3) is 5.91 Å². The second-order valence-corrected chi connectivity index (χ2v) is 5.97. The summed E-state index contributed by atoms with van der Waals surface area (Å²) in [6, 6.07) is 11.3. The standard InChI is InChI=1S/C18H18N4O2/c23-18(14-6-5-13-7-9-19-16(13)11-14)22-10-2-3-15(12-22)24-17-4-1-8-20-21-17/h1,4-9,11,15,19H,2-3,10,12H2/t15-/m0/s1. The maximum absolute atomic E-state index is 12.8. The van der Waals surface area contributed by atoms with E-state index in [-0.39, 0.29) is 12.0 Å². The average molecular weight is 322 g/mol. The van der Waals surface area contributed by atoms with Gasteiger partial charge in [-0.1, -0.05) is 6.07 Å². The molecule has 0 aliphatic carbocycles. The van der Waals surface area contributed by atoms with E-state index in [1.807, 2.05) is 35.4 Å². The Morgan fingerprint density at radius 1 is 1.29 bits per heavy atom. The van der Waals surface area contributed by atoms with Crippen molar-refractivity contribution in [3.63, 3.8) is 0 Å². The molecule has 3 heterocycles. The molecule has 0 radical (unpaired) electrons. The van der Waals surface area contributed by atoms with Crippen molar-refractivity contribution in [2.45, 2.75) is 18.9 Å². The fraction of sp³-hybridized carbons (Fsp3) is 0.278. The van der Waals surface area contributed by atoms with Crippen molar-refractivity contribution in [1.82, 2.24) is 20.1 Å². The van der Waals surface area contributed by atoms with Gasteiger partial charge in [-0.25, -0.2) is 0 Å². The Balaban J connectivity index is 1.47. The molecule has 3 aromatic rings. The van der Waals surface area contributed by atoms with Crippen molar-refractivity contribution in [2.24, 2.45) is 0 Å². The van der Waals surface area contributed by atoms with E-state index in [0.717, 1.165) is 30.3 Å². The number of piperidine rings is 1. The lowest BCUT2D eigenvalue weighted by molar-refractivity contribution is 0.0525. The van der Waals surface area contributed by atoms with Crippen LogP contribution in [0.25, 0.3) is 10.9 Å². The molecule has 1 aliphatic heterocycles. The summed E-state index contributed by atoms with van der Waals surface area (Å²) in [7, 11) is 0. The van der Waals surface area contributed by atoms with E-state index in [0.29, 0.717) is 18.0 Å². The zero-order valence-electron chi connectivity index (χ0n) is 13.2. The minimum Gasteiger partial charge on any atom is -0.471 e. The SMILES string of the molecule is O=C(c1ccc2cc[nH]c2c1)N1CCC[C@H](Oc2cccnn2)C1. The van der Waals surface area contributed by atoms with E-state index in [2.05, 4.69) is 15.2 Å². The van der Waals surface area contributed by atoms with Gasteiger partial charge in [0.15, 0.2) is 0 Å². The van der Waals surface area contributed by atoms with Gasteiger partial charge in [-0.2, -0.15) is 5.10 Å². The van der Waals surface area contributed by atoms with Crippen molar-refractivity contribution in [3.8, 4) is 5.88 Å². The van der Waals surface area contributed by atoms with Crippen LogP contribution in [-0.2, 0) is 0 Å². The molecule has 0 spiro atoms. The number of aromatic nitrogens is 3. The molecule has 1 aromatic carbocycles. The summed E-state index contributed by atoms with van der Waals surface area (Å²) < 4.78 is 5.86. The number of fused-ring (bicyclic) bond motifs is 1. The summed E-state index contributed by atoms with van der Waals surface area (Å²) in [6.07, 6.45) is 5.27. The fourth-order valence-corrected chi connectivity index (χ4v) is 3.10. The first kappa shape index (κ1) is 14.7. The summed E-state index contributed by atoms with van der Waals surface area (Å²) in [5.41, 5.74) is 1.68. The molecule has 2 aromatic heterocycles. The van der Waals surface area contributed by atoms with E-state index < -0.39 is 0 Å². The van der Waals surface area contributed by atoms with Crippen LogP contribution in [0.3, 0.4) is 0 Å². The van der Waals surface area contributed by atoms with Crippen molar-refractivity contribution in [3.05, 3.63) is 54.4 Å². The number of nitrogens with one attached hydrogen (secondary N) is 1. The van der Waals surface area contributed by atoms with Gasteiger partial charge in [-0.3, -0.25) is 4.79 Å². The summed E-state index contributed by atoms with van der Waals surface area (Å²) >= 11 is 0. The van der Waals surface area contributed by atoms with Crippen molar-refractivity contribution in [1.29, 1.82) is 0 Å². The predicted octanol–water partition coefficient (Wildman–Crippen LogP) is 2.64. The highest BCUT2D eigenvalue weighted by Gasteiger charge is 2.26. The van der Waals surface area contributed by atoms with E-state index in [9.17, 15) is 4.79 Å². The number of carbonyl (C=O) groups excluding carboxylic acids is 1. The number of ether oxygens (including phenoxy) is 1. The molecule has 1 aliphatic rings. The maximum atomic E-state index is 12.8. The zero-order chi connectivity index (χ0) is 16.4. The van der Waals surface area contributed by atoms with Gasteiger partial charge in [0, 0.05) is 36.1 Å². The number of amides is 1. The van der Waals surface area contributed by atoms with Crippen LogP contribution in [0.2, 0.25) is 0 Å². The molecule has 1 N–H and O–H groups in total. The number of hydrogen-bond acceptors (Lipinski definition) is 4. The van der Waals surface area contributed by atoms with Gasteiger partial charge in [-0.05, 0) is 42.5 Å². The number of nitrogens with zero attached hydrogens (tertiary/aromatic N) is 3. The first-order valence-corrected chi connectivity index (χ1v) is 8.10. The maximum Gasteiger partial charge on any atom is 0.254 e. The fourth-order valence-electron chi connectivity index (χ4n) is 3.10. The number of rotatable bonds is 3. The summed E-state index contributed by atoms with van der Waals surface area (Å²) in [5.74, 6) is 0.545. The topological polar surface area (TPSA) is 71.1 Å². The summed E-state index contributed by atoms with van der Waals surface area (Å²) in [4.78, 5) is 17.8. The molecule has 0 unspecified atom stereocenters. The number of benzene rings is 1. The lowest BCUT2D eigenvalue weighted by atomic mass is 10.1. The monoisotopic (exact) mass is 322 g/mol. The molecule has 6 nitrogen and oxygen atoms in total. The molecule has 0 saturated carbocycles. The quantitative estimate of drug-likeness (QED) is 0.805. The number of H-pyrrole nitrogens is 1. The first-order valence-electron chi connectivity index (χ1n) is 8.10. The molecular weight excluding hydrogens is 304 g/mol. The predicted molar refractivity (Wildman–Crippen MR) is 89.9 cm³/mol. The second-order valence-electron chi connectivity index (χ2n) is 5.97. The lowest BCUT2D eigenvalue weighted by Gasteiger charge is -2.32. The van der Waals surface area contributed by atoms with Crippen LogP contribution in [0.1, 0.15) is 23.2 Å². The van der Waals surface area contributed by atoms with Crippen LogP contribution in [0, 0.1) is 0 Å². The van der Waals surface area contributed by atoms with Crippen LogP contribution in [0.15, 0.2) is 48.8 Å². The first-order chi connectivity index (χ1) is 11.8. The third-order valence-electron chi connectivity index (χ3n) is 4.30. The molecule has 122 valence electrons. The Labute approximate surface area is 139 Å². The van der Waals surface area contributed by atoms with Gasteiger partial charge < -0.3 is 14.6 Å². The average Bonchev–Trinajstić information content (AvgIpc) is 3.10. The Kier molecular flexibility index (Phi) is 3.86. The van der Waals surface area contributed by atoms with E-state index in [1.165, 1.54) is 0 Å². The van der Waals surface area contributed by atoms with Gasteiger partial charge in [0.2, 0.25) is 5.88 Å². The Morgan fingerprint density at radius 2 is 2.25 bits per heavy atom. The van der Waals surface area contributed by atoms with Crippen molar-refractivity contribution >= 4 is 16.8 Å². The Hall–Kier alpha value is -2.89. The second kappa shape index (κ2) is 6.31. The highest BCUT2D eigenvalue weighted by Crippen LogP contribution is 2.20. The molecule has 1 amide bonds. The highest BCUT2D eigenvalue weighted by atomic mass is 16.5. The van der Waals surface area contributed by atoms with Gasteiger partial charge in [-0.15, -0.1) is 5.10 Å². The van der Waals surface area contributed by atoms with Crippen LogP contribution in [0.4, 0.5) is 0 Å². The van der Waals surface area contributed by atoms with Crippen LogP contribution in [0.5, 0.6) is 5.88 Å². The van der Waals surface area contributed by atoms with Gasteiger partial charge in [0.1, 0.15) is 6.10 Å². The Morgan fingerprint density at radius 3 is 3.12 bits per heavy atom. The lowest BCUT2D eigenvalue weighted by Crippen LogP contribution is -2.44. The van der Waals surface area contributed by atoms with Crippen molar-refractivity contribution in [2.75, 3.05) is 13.1 Å². The number of hydrogen-bond donors (Lipinski definition) is 1. The van der Waals surface area contributed by atoms with Crippen molar-refractivity contribution < 1.29 is 9.53 Å². The number of aromatic amines is 1. The van der Waals surface area contributed by atoms with Crippen LogP contribution in [-0.4, -0.2) is 45.2 Å². The molecule has 1 atom stereocenters. The smallest absolute Gasteiger partial charge is 0.254 e. The van der Waals surface area contributed by atoms with E-state index in [4.69, 9.17) is 4.74 Å². The minimum absolute atomic E-state index is 0.0407. The minimum atomic E-state index is -0.0476. The Bertz CT molecular complexity index is 846. The zero-order valence-corrected chi connectivity index (χ0v) is 13.2. The van der Waals surface area contributed by atoms with E-state index >= 15 is 0 Å². The summed E-state index contributed by atoms with van der Waals surface area (Å²) in [6.45, 7) is 1.32. The summed E-state index contributed by atoms with van der Waals surface area (Å²) in [5, 5.41) is 8.87. The van der Waals surface area contributed by atoms with Gasteiger partial charge >= 0.3 is 0 Å². The number of carbonyl (C=O) groups is 1. The molecular formula is C18H18N4O2. The highest BCUT2D eigenvalue weighted by molar-refractivity contribution is 5.98. The third kappa shape index (κ3) is 2.95.